The van der Waals surface area contributed by atoms with Crippen LogP contribution in [0.5, 0.6) is 0 Å². The van der Waals surface area contributed by atoms with Crippen LogP contribution >= 0.6 is 27.3 Å². The lowest BCUT2D eigenvalue weighted by Gasteiger charge is -2.26. The summed E-state index contributed by atoms with van der Waals surface area (Å²) in [6.45, 7) is 2.84. The van der Waals surface area contributed by atoms with Crippen molar-refractivity contribution >= 4 is 38.9 Å². The molecule has 5 heteroatoms. The van der Waals surface area contributed by atoms with Gasteiger partial charge in [0, 0.05) is 14.2 Å². The van der Waals surface area contributed by atoms with Gasteiger partial charge in [0.25, 0.3) is 0 Å². The highest BCUT2D eigenvalue weighted by atomic mass is 79.9. The Morgan fingerprint density at radius 3 is 2.79 bits per heavy atom. The Kier molecular flexibility index (Phi) is 3.33. The van der Waals surface area contributed by atoms with Crippen LogP contribution in [0, 0.1) is 6.92 Å². The van der Waals surface area contributed by atoms with E-state index in [1.807, 2.05) is 18.2 Å². The summed E-state index contributed by atoms with van der Waals surface area (Å²) in [6.07, 6.45) is 0. The molecule has 0 bridgehead atoms. The van der Waals surface area contributed by atoms with Gasteiger partial charge >= 0.3 is 0 Å². The number of aryl methyl sites for hydroxylation is 1. The molecular weight excluding hydrogens is 322 g/mol. The van der Waals surface area contributed by atoms with Gasteiger partial charge in [-0.3, -0.25) is 4.99 Å². The first-order valence-electron chi connectivity index (χ1n) is 6.07. The van der Waals surface area contributed by atoms with Crippen LogP contribution in [0.3, 0.4) is 0 Å². The Morgan fingerprint density at radius 2 is 2.11 bits per heavy atom. The molecule has 0 saturated carbocycles. The minimum atomic E-state index is 0.206. The van der Waals surface area contributed by atoms with Crippen molar-refractivity contribution in [1.82, 2.24) is 0 Å². The number of halogens is 1. The Bertz CT molecular complexity index is 635. The number of guanidine groups is 1. The maximum atomic E-state index is 6.07. The molecule has 0 aliphatic carbocycles. The minimum absolute atomic E-state index is 0.206. The van der Waals surface area contributed by atoms with Gasteiger partial charge in [0.1, 0.15) is 0 Å². The Labute approximate surface area is 124 Å². The first-order valence-corrected chi connectivity index (χ1v) is 7.68. The van der Waals surface area contributed by atoms with Crippen molar-refractivity contribution in [3.63, 3.8) is 0 Å². The second kappa shape index (κ2) is 4.98. The summed E-state index contributed by atoms with van der Waals surface area (Å²) >= 11 is 5.40. The molecule has 0 saturated heterocycles. The highest BCUT2D eigenvalue weighted by Crippen LogP contribution is 2.37. The van der Waals surface area contributed by atoms with E-state index in [0.717, 1.165) is 10.2 Å². The van der Waals surface area contributed by atoms with Crippen LogP contribution in [0.1, 0.15) is 15.8 Å². The zero-order chi connectivity index (χ0) is 13.4. The average molecular weight is 336 g/mol. The quantitative estimate of drug-likeness (QED) is 0.909. The van der Waals surface area contributed by atoms with Gasteiger partial charge in [-0.25, -0.2) is 0 Å². The lowest BCUT2D eigenvalue weighted by atomic mass is 10.2. The standard InChI is InChI=1S/C14H14BrN3S/c1-9-6-7-13(19-9)12-8-17-14(16)18(12)11-5-3-2-4-10(11)15/h2-7,12H,8H2,1H3,(H2,16,17). The molecule has 2 N–H and O–H groups in total. The predicted octanol–water partition coefficient (Wildman–Crippen LogP) is 3.70. The van der Waals surface area contributed by atoms with Gasteiger partial charge in [-0.15, -0.1) is 11.3 Å². The molecule has 1 atom stereocenters. The lowest BCUT2D eigenvalue weighted by Crippen LogP contribution is -2.36. The SMILES string of the molecule is Cc1ccc(C2CN=C(N)N2c2ccccc2Br)s1. The molecule has 1 unspecified atom stereocenters. The van der Waals surface area contributed by atoms with Gasteiger partial charge in [-0.2, -0.15) is 0 Å². The maximum absolute atomic E-state index is 6.07. The van der Waals surface area contributed by atoms with Crippen LogP contribution < -0.4 is 10.6 Å². The van der Waals surface area contributed by atoms with E-state index in [1.165, 1.54) is 9.75 Å². The van der Waals surface area contributed by atoms with Gasteiger partial charge in [0.2, 0.25) is 0 Å². The molecule has 3 rings (SSSR count). The van der Waals surface area contributed by atoms with Crippen LogP contribution in [0.2, 0.25) is 0 Å². The molecule has 1 aromatic heterocycles. The van der Waals surface area contributed by atoms with E-state index < -0.39 is 0 Å². The smallest absolute Gasteiger partial charge is 0.196 e. The van der Waals surface area contributed by atoms with Gasteiger partial charge in [-0.05, 0) is 47.1 Å². The van der Waals surface area contributed by atoms with E-state index in [-0.39, 0.29) is 6.04 Å². The molecule has 0 amide bonds. The van der Waals surface area contributed by atoms with Crippen LogP contribution in [0.25, 0.3) is 0 Å². The summed E-state index contributed by atoms with van der Waals surface area (Å²) in [5.74, 6) is 0.586. The first kappa shape index (κ1) is 12.7. The molecule has 2 heterocycles. The number of rotatable bonds is 2. The van der Waals surface area contributed by atoms with E-state index in [1.54, 1.807) is 11.3 Å². The van der Waals surface area contributed by atoms with Crippen LogP contribution in [-0.4, -0.2) is 12.5 Å². The summed E-state index contributed by atoms with van der Waals surface area (Å²) in [6, 6.07) is 12.6. The molecule has 2 aromatic rings. The predicted molar refractivity (Wildman–Crippen MR) is 84.9 cm³/mol. The molecule has 1 aliphatic heterocycles. The van der Waals surface area contributed by atoms with Crippen molar-refractivity contribution in [2.45, 2.75) is 13.0 Å². The number of hydrogen-bond acceptors (Lipinski definition) is 4. The third kappa shape index (κ3) is 2.28. The topological polar surface area (TPSA) is 41.6 Å². The molecule has 98 valence electrons. The van der Waals surface area contributed by atoms with Gasteiger partial charge in [-0.1, -0.05) is 12.1 Å². The highest BCUT2D eigenvalue weighted by molar-refractivity contribution is 9.10. The number of aliphatic imine (C=N–C) groups is 1. The monoisotopic (exact) mass is 335 g/mol. The summed E-state index contributed by atoms with van der Waals surface area (Å²) < 4.78 is 1.04. The van der Waals surface area contributed by atoms with Crippen LogP contribution in [0.15, 0.2) is 45.9 Å². The first-order chi connectivity index (χ1) is 9.16. The second-order valence-electron chi connectivity index (χ2n) is 4.48. The van der Waals surface area contributed by atoms with Crippen molar-refractivity contribution in [2.24, 2.45) is 10.7 Å². The average Bonchev–Trinajstić information content (AvgIpc) is 2.96. The fourth-order valence-electron chi connectivity index (χ4n) is 2.29. The van der Waals surface area contributed by atoms with E-state index in [4.69, 9.17) is 5.73 Å². The second-order valence-corrected chi connectivity index (χ2v) is 6.66. The molecule has 0 fully saturated rings. The van der Waals surface area contributed by atoms with Crippen molar-refractivity contribution in [2.75, 3.05) is 11.4 Å². The summed E-state index contributed by atoms with van der Waals surface area (Å²) in [4.78, 5) is 9.13. The molecule has 0 radical (unpaired) electrons. The number of hydrogen-bond donors (Lipinski definition) is 1. The van der Waals surface area contributed by atoms with E-state index in [9.17, 15) is 0 Å². The van der Waals surface area contributed by atoms with Crippen LogP contribution in [0.4, 0.5) is 5.69 Å². The third-order valence-electron chi connectivity index (χ3n) is 3.19. The molecule has 1 aliphatic rings. The number of benzene rings is 1. The zero-order valence-corrected chi connectivity index (χ0v) is 12.9. The third-order valence-corrected chi connectivity index (χ3v) is 4.96. The number of nitrogens with zero attached hydrogens (tertiary/aromatic N) is 2. The van der Waals surface area contributed by atoms with Crippen molar-refractivity contribution in [3.8, 4) is 0 Å². The normalized spacial score (nSPS) is 18.7. The molecule has 19 heavy (non-hydrogen) atoms. The zero-order valence-electron chi connectivity index (χ0n) is 10.5. The maximum Gasteiger partial charge on any atom is 0.196 e. The minimum Gasteiger partial charge on any atom is -0.369 e. The molecule has 3 nitrogen and oxygen atoms in total. The largest absolute Gasteiger partial charge is 0.369 e. The van der Waals surface area contributed by atoms with Crippen LogP contribution in [-0.2, 0) is 0 Å². The molecule has 1 aromatic carbocycles. The Morgan fingerprint density at radius 1 is 1.32 bits per heavy atom. The van der Waals surface area contributed by atoms with Crippen molar-refractivity contribution in [1.29, 1.82) is 0 Å². The van der Waals surface area contributed by atoms with Gasteiger partial charge < -0.3 is 10.6 Å². The summed E-state index contributed by atoms with van der Waals surface area (Å²) in [5.41, 5.74) is 7.14. The van der Waals surface area contributed by atoms with Gasteiger partial charge in [0.15, 0.2) is 5.96 Å². The molecule has 0 spiro atoms. The van der Waals surface area contributed by atoms with E-state index in [0.29, 0.717) is 12.5 Å². The molecular formula is C14H14BrN3S. The number of para-hydroxylation sites is 1. The summed E-state index contributed by atoms with van der Waals surface area (Å²) in [7, 11) is 0. The van der Waals surface area contributed by atoms with E-state index in [2.05, 4.69) is 50.9 Å². The van der Waals surface area contributed by atoms with Crippen molar-refractivity contribution in [3.05, 3.63) is 50.6 Å². The fraction of sp³-hybridized carbons (Fsp3) is 0.214. The number of anilines is 1. The Balaban J connectivity index is 2.02. The van der Waals surface area contributed by atoms with Gasteiger partial charge in [0.05, 0.1) is 18.3 Å². The fourth-order valence-corrected chi connectivity index (χ4v) is 3.72. The lowest BCUT2D eigenvalue weighted by molar-refractivity contribution is 0.783. The van der Waals surface area contributed by atoms with Crippen molar-refractivity contribution < 1.29 is 0 Å². The van der Waals surface area contributed by atoms with E-state index >= 15 is 0 Å². The number of thiophene rings is 1. The number of nitrogens with two attached hydrogens (primary N) is 1. The Hall–Kier alpha value is -1.33. The summed E-state index contributed by atoms with van der Waals surface area (Å²) in [5, 5.41) is 0. The highest BCUT2D eigenvalue weighted by Gasteiger charge is 2.30.